The van der Waals surface area contributed by atoms with Gasteiger partial charge < -0.3 is 15.2 Å². The number of ether oxygens (including phenoxy) is 1. The molecule has 24 heavy (non-hydrogen) atoms. The van der Waals surface area contributed by atoms with Gasteiger partial charge in [0.2, 0.25) is 5.91 Å². The molecule has 2 N–H and O–H groups in total. The van der Waals surface area contributed by atoms with Crippen LogP contribution in [0.4, 0.5) is 0 Å². The van der Waals surface area contributed by atoms with Crippen molar-refractivity contribution < 1.29 is 14.6 Å². The molecule has 1 aromatic heterocycles. The number of aliphatic hydroxyl groups is 1. The van der Waals surface area contributed by atoms with Crippen molar-refractivity contribution in [3.05, 3.63) is 47.8 Å². The Bertz CT molecular complexity index is 713. The number of carbonyl (C=O) groups excluding carboxylic acids is 1. The van der Waals surface area contributed by atoms with Gasteiger partial charge in [-0.2, -0.15) is 5.10 Å². The summed E-state index contributed by atoms with van der Waals surface area (Å²) in [6, 6.07) is 7.45. The summed E-state index contributed by atoms with van der Waals surface area (Å²) in [5.41, 5.74) is 2.05. The molecule has 128 valence electrons. The second-order valence-electron chi connectivity index (χ2n) is 6.28. The van der Waals surface area contributed by atoms with Crippen LogP contribution in [0.5, 0.6) is 5.75 Å². The third kappa shape index (κ3) is 3.43. The molecule has 1 saturated carbocycles. The second kappa shape index (κ2) is 7.05. The zero-order chi connectivity index (χ0) is 17.1. The fraction of sp³-hybridized carbons (Fsp3) is 0.444. The van der Waals surface area contributed by atoms with E-state index in [0.29, 0.717) is 19.3 Å². The number of amides is 1. The Morgan fingerprint density at radius 3 is 2.92 bits per heavy atom. The Hall–Kier alpha value is -2.34. The lowest BCUT2D eigenvalue weighted by molar-refractivity contribution is -0.124. The van der Waals surface area contributed by atoms with Crippen LogP contribution in [0.1, 0.15) is 30.0 Å². The lowest BCUT2D eigenvalue weighted by atomic mass is 9.83. The summed E-state index contributed by atoms with van der Waals surface area (Å²) in [5, 5.41) is 17.3. The molecule has 6 heteroatoms. The van der Waals surface area contributed by atoms with Crippen LogP contribution in [0.15, 0.2) is 36.7 Å². The first-order valence-electron chi connectivity index (χ1n) is 8.18. The molecule has 0 aliphatic heterocycles. The molecule has 0 spiro atoms. The topological polar surface area (TPSA) is 76.4 Å². The maximum atomic E-state index is 12.2. The van der Waals surface area contributed by atoms with Gasteiger partial charge in [-0.1, -0.05) is 18.2 Å². The van der Waals surface area contributed by atoms with Gasteiger partial charge in [-0.25, -0.2) is 0 Å². The fourth-order valence-electron chi connectivity index (χ4n) is 3.15. The van der Waals surface area contributed by atoms with Crippen molar-refractivity contribution in [2.75, 3.05) is 7.11 Å². The van der Waals surface area contributed by atoms with E-state index in [1.54, 1.807) is 18.0 Å². The second-order valence-corrected chi connectivity index (χ2v) is 6.28. The molecule has 0 saturated heterocycles. The lowest BCUT2D eigenvalue weighted by Gasteiger charge is -2.41. The van der Waals surface area contributed by atoms with Crippen LogP contribution in [0.25, 0.3) is 0 Å². The average molecular weight is 329 g/mol. The van der Waals surface area contributed by atoms with Crippen molar-refractivity contribution in [2.24, 2.45) is 0 Å². The van der Waals surface area contributed by atoms with Crippen LogP contribution in [0.2, 0.25) is 0 Å². The molecule has 1 aromatic carbocycles. The van der Waals surface area contributed by atoms with Gasteiger partial charge in [0.25, 0.3) is 0 Å². The molecule has 1 amide bonds. The van der Waals surface area contributed by atoms with Gasteiger partial charge in [0.1, 0.15) is 5.75 Å². The van der Waals surface area contributed by atoms with E-state index in [1.165, 1.54) is 0 Å². The SMILES string of the molecule is COc1ccccc1CCC(=O)N[C@H]1C[C@@H](O)[C@@H]1n1cc(C)cn1. The van der Waals surface area contributed by atoms with Gasteiger partial charge >= 0.3 is 0 Å². The Labute approximate surface area is 141 Å². The van der Waals surface area contributed by atoms with E-state index in [-0.39, 0.29) is 18.0 Å². The normalized spacial score (nSPS) is 22.7. The molecule has 1 aliphatic carbocycles. The molecule has 3 atom stereocenters. The van der Waals surface area contributed by atoms with Gasteiger partial charge in [-0.05, 0) is 37.0 Å². The fourth-order valence-corrected chi connectivity index (χ4v) is 3.15. The van der Waals surface area contributed by atoms with Gasteiger partial charge in [0.05, 0.1) is 31.5 Å². The number of carbonyl (C=O) groups is 1. The molecule has 1 heterocycles. The number of nitrogens with zero attached hydrogens (tertiary/aromatic N) is 2. The van der Waals surface area contributed by atoms with E-state index in [0.717, 1.165) is 16.9 Å². The highest BCUT2D eigenvalue weighted by Crippen LogP contribution is 2.32. The van der Waals surface area contributed by atoms with Crippen molar-refractivity contribution in [3.8, 4) is 5.75 Å². The number of benzene rings is 1. The Morgan fingerprint density at radius 2 is 2.25 bits per heavy atom. The molecule has 0 bridgehead atoms. The highest BCUT2D eigenvalue weighted by atomic mass is 16.5. The zero-order valence-corrected chi connectivity index (χ0v) is 14.0. The summed E-state index contributed by atoms with van der Waals surface area (Å²) in [6.07, 6.45) is 4.74. The molecule has 6 nitrogen and oxygen atoms in total. The standard InChI is InChI=1S/C18H23N3O3/c1-12-10-19-21(11-12)18-14(9-15(18)22)20-17(23)8-7-13-5-3-4-6-16(13)24-2/h3-6,10-11,14-15,18,22H,7-9H2,1-2H3,(H,20,23)/t14-,15+,18+/m0/s1. The maximum absolute atomic E-state index is 12.2. The van der Waals surface area contributed by atoms with Gasteiger partial charge in [0, 0.05) is 12.6 Å². The number of rotatable bonds is 6. The van der Waals surface area contributed by atoms with Crippen LogP contribution >= 0.6 is 0 Å². The summed E-state index contributed by atoms with van der Waals surface area (Å²) < 4.78 is 7.05. The molecule has 1 fully saturated rings. The third-order valence-corrected chi connectivity index (χ3v) is 4.50. The van der Waals surface area contributed by atoms with E-state index in [4.69, 9.17) is 4.74 Å². The smallest absolute Gasteiger partial charge is 0.220 e. The number of methoxy groups -OCH3 is 1. The first-order chi connectivity index (χ1) is 11.6. The summed E-state index contributed by atoms with van der Waals surface area (Å²) in [4.78, 5) is 12.2. The summed E-state index contributed by atoms with van der Waals surface area (Å²) >= 11 is 0. The Kier molecular flexibility index (Phi) is 4.85. The van der Waals surface area contributed by atoms with Gasteiger partial charge in [0.15, 0.2) is 0 Å². The highest BCUT2D eigenvalue weighted by molar-refractivity contribution is 5.76. The van der Waals surface area contributed by atoms with E-state index in [2.05, 4.69) is 10.4 Å². The Balaban J connectivity index is 1.55. The minimum Gasteiger partial charge on any atom is -0.496 e. The highest BCUT2D eigenvalue weighted by Gasteiger charge is 2.42. The van der Waals surface area contributed by atoms with E-state index >= 15 is 0 Å². The van der Waals surface area contributed by atoms with Crippen molar-refractivity contribution in [2.45, 2.75) is 44.4 Å². The van der Waals surface area contributed by atoms with Crippen molar-refractivity contribution in [3.63, 3.8) is 0 Å². The number of para-hydroxylation sites is 1. The van der Waals surface area contributed by atoms with Crippen LogP contribution in [-0.2, 0) is 11.2 Å². The number of nitrogens with one attached hydrogen (secondary N) is 1. The number of aromatic nitrogens is 2. The van der Waals surface area contributed by atoms with Gasteiger partial charge in [-0.15, -0.1) is 0 Å². The number of aliphatic hydroxyl groups excluding tert-OH is 1. The van der Waals surface area contributed by atoms with Crippen LogP contribution in [0.3, 0.4) is 0 Å². The molecule has 3 rings (SSSR count). The Morgan fingerprint density at radius 1 is 1.46 bits per heavy atom. The summed E-state index contributed by atoms with van der Waals surface area (Å²) in [7, 11) is 1.63. The zero-order valence-electron chi connectivity index (χ0n) is 14.0. The summed E-state index contributed by atoms with van der Waals surface area (Å²) in [6.45, 7) is 1.95. The molecular formula is C18H23N3O3. The molecular weight excluding hydrogens is 306 g/mol. The van der Waals surface area contributed by atoms with Crippen LogP contribution in [-0.4, -0.2) is 40.0 Å². The summed E-state index contributed by atoms with van der Waals surface area (Å²) in [5.74, 6) is 0.779. The number of hydrogen-bond donors (Lipinski definition) is 2. The first kappa shape index (κ1) is 16.5. The van der Waals surface area contributed by atoms with Gasteiger partial charge in [-0.3, -0.25) is 9.48 Å². The minimum absolute atomic E-state index is 0.0216. The first-order valence-corrected chi connectivity index (χ1v) is 8.18. The minimum atomic E-state index is -0.469. The van der Waals surface area contributed by atoms with E-state index in [9.17, 15) is 9.90 Å². The molecule has 0 radical (unpaired) electrons. The van der Waals surface area contributed by atoms with E-state index in [1.807, 2.05) is 37.4 Å². The van der Waals surface area contributed by atoms with Crippen molar-refractivity contribution in [1.29, 1.82) is 0 Å². The quantitative estimate of drug-likeness (QED) is 0.844. The lowest BCUT2D eigenvalue weighted by Crippen LogP contribution is -2.56. The van der Waals surface area contributed by atoms with Crippen molar-refractivity contribution in [1.82, 2.24) is 15.1 Å². The maximum Gasteiger partial charge on any atom is 0.220 e. The van der Waals surface area contributed by atoms with Crippen molar-refractivity contribution >= 4 is 5.91 Å². The van der Waals surface area contributed by atoms with Crippen LogP contribution < -0.4 is 10.1 Å². The van der Waals surface area contributed by atoms with E-state index < -0.39 is 6.10 Å². The average Bonchev–Trinajstić information content (AvgIpc) is 2.97. The monoisotopic (exact) mass is 329 g/mol. The number of hydrogen-bond acceptors (Lipinski definition) is 4. The third-order valence-electron chi connectivity index (χ3n) is 4.50. The largest absolute Gasteiger partial charge is 0.496 e. The molecule has 2 aromatic rings. The van der Waals surface area contributed by atoms with Crippen LogP contribution in [0, 0.1) is 6.92 Å². The predicted octanol–water partition coefficient (Wildman–Crippen LogP) is 1.62. The molecule has 0 unspecified atom stereocenters. The predicted molar refractivity (Wildman–Crippen MR) is 89.9 cm³/mol. The number of aryl methyl sites for hydroxylation is 2. The molecule has 1 aliphatic rings.